The number of esters is 4. The number of hydrogen-bond donors (Lipinski definition) is 3. The predicted molar refractivity (Wildman–Crippen MR) is 428 cm³/mol. The molecule has 3 N–H and O–H groups in total. The number of phosphoric ester groups is 2. The lowest BCUT2D eigenvalue weighted by Gasteiger charge is -2.21. The fourth-order valence-corrected chi connectivity index (χ4v) is 14.7. The summed E-state index contributed by atoms with van der Waals surface area (Å²) < 4.78 is 68.9. The first-order valence-corrected chi connectivity index (χ1v) is 47.0. The fraction of sp³-hybridized carbons (Fsp3) is 0.953. The summed E-state index contributed by atoms with van der Waals surface area (Å²) in [5.74, 6) is 0.324. The first kappa shape index (κ1) is 102. The Hall–Kier alpha value is -1.94. The van der Waals surface area contributed by atoms with E-state index < -0.39 is 97.5 Å². The number of unbranched alkanes of at least 4 members (excludes halogenated alkanes) is 48. The van der Waals surface area contributed by atoms with Gasteiger partial charge in [-0.2, -0.15) is 0 Å². The van der Waals surface area contributed by atoms with E-state index in [1.807, 2.05) is 0 Å². The van der Waals surface area contributed by atoms with Gasteiger partial charge in [0.2, 0.25) is 0 Å². The van der Waals surface area contributed by atoms with Crippen LogP contribution in [0.25, 0.3) is 0 Å². The molecule has 618 valence electrons. The third-order valence-corrected chi connectivity index (χ3v) is 22.9. The Morgan fingerprint density at radius 1 is 0.269 bits per heavy atom. The van der Waals surface area contributed by atoms with E-state index in [-0.39, 0.29) is 25.7 Å². The summed E-state index contributed by atoms with van der Waals surface area (Å²) >= 11 is 0. The minimum Gasteiger partial charge on any atom is -0.462 e. The number of carbonyl (C=O) groups excluding carboxylic acids is 4. The second-order valence-electron chi connectivity index (χ2n) is 31.3. The Bertz CT molecular complexity index is 2010. The molecule has 0 aromatic rings. The van der Waals surface area contributed by atoms with Crippen LogP contribution in [-0.2, 0) is 65.4 Å². The lowest BCUT2D eigenvalue weighted by molar-refractivity contribution is -0.161. The molecule has 0 aliphatic heterocycles. The summed E-state index contributed by atoms with van der Waals surface area (Å²) in [7, 11) is -9.93. The van der Waals surface area contributed by atoms with Gasteiger partial charge in [0.25, 0.3) is 0 Å². The lowest BCUT2D eigenvalue weighted by Crippen LogP contribution is -2.30. The van der Waals surface area contributed by atoms with E-state index >= 15 is 0 Å². The van der Waals surface area contributed by atoms with Crippen molar-refractivity contribution < 1.29 is 80.2 Å². The quantitative estimate of drug-likeness (QED) is 0.0222. The van der Waals surface area contributed by atoms with Gasteiger partial charge in [-0.3, -0.25) is 37.3 Å². The Kier molecular flexibility index (Phi) is 73.7. The van der Waals surface area contributed by atoms with Crippen molar-refractivity contribution in [1.82, 2.24) is 0 Å². The Morgan fingerprint density at radius 2 is 0.462 bits per heavy atom. The highest BCUT2D eigenvalue weighted by Crippen LogP contribution is 2.45. The van der Waals surface area contributed by atoms with Crippen LogP contribution in [0.5, 0.6) is 0 Å². The zero-order valence-electron chi connectivity index (χ0n) is 68.5. The average Bonchev–Trinajstić information content (AvgIpc) is 0.903. The van der Waals surface area contributed by atoms with Crippen LogP contribution in [-0.4, -0.2) is 96.7 Å². The van der Waals surface area contributed by atoms with Crippen molar-refractivity contribution >= 4 is 39.5 Å². The van der Waals surface area contributed by atoms with E-state index in [4.69, 9.17) is 37.0 Å². The monoisotopic (exact) mass is 1520 g/mol. The SMILES string of the molecule is CCCCCCCCCCCCCCCCCCCCCCC(=O)O[C@H](COC(=O)CCCCCCCCCCCCCCCCC(C)CC)COP(=O)(O)OC[C@@H](O)COP(=O)(O)OC[C@@H](COC(=O)CCCCCCCCCCC(C)CC)OC(=O)CCCCCCCCCCCCC(C)CC. The molecule has 0 rings (SSSR count). The molecule has 0 amide bonds. The van der Waals surface area contributed by atoms with Crippen LogP contribution < -0.4 is 0 Å². The van der Waals surface area contributed by atoms with E-state index in [1.165, 1.54) is 257 Å². The van der Waals surface area contributed by atoms with Crippen LogP contribution in [0.4, 0.5) is 0 Å². The second-order valence-corrected chi connectivity index (χ2v) is 34.2. The summed E-state index contributed by atoms with van der Waals surface area (Å²) in [4.78, 5) is 73.2. The standard InChI is InChI=1S/C85H166O17P2/c1-8-12-13-14-15-16-17-18-19-20-21-22-23-24-29-32-38-47-54-61-68-84(89)101-80(72-95-82(87)66-59-52-45-37-31-28-26-25-27-30-35-42-49-56-63-76(5)9-2)74-99-103(91,92)97-70-79(86)71-98-104(93,94)100-75-81(73-96-83(88)67-60-53-46-41-40-44-51-58-65-78(7)11-4)102-85(90)69-62-55-48-39-34-33-36-43-50-57-64-77(6)10-3/h76-81,86H,8-75H2,1-7H3,(H,91,92)(H,93,94)/t76?,77?,78?,79-,80-,81-/m1/s1. The number of rotatable bonds is 83. The van der Waals surface area contributed by atoms with Gasteiger partial charge >= 0.3 is 39.5 Å². The molecule has 104 heavy (non-hydrogen) atoms. The number of carbonyl (C=O) groups is 4. The molecule has 0 heterocycles. The van der Waals surface area contributed by atoms with E-state index in [0.29, 0.717) is 25.7 Å². The maximum atomic E-state index is 13.1. The first-order chi connectivity index (χ1) is 50.3. The Balaban J connectivity index is 5.26. The van der Waals surface area contributed by atoms with E-state index in [2.05, 4.69) is 48.5 Å². The Morgan fingerprint density at radius 3 is 0.683 bits per heavy atom. The maximum absolute atomic E-state index is 13.1. The smallest absolute Gasteiger partial charge is 0.462 e. The van der Waals surface area contributed by atoms with Gasteiger partial charge in [0.15, 0.2) is 12.2 Å². The van der Waals surface area contributed by atoms with E-state index in [0.717, 1.165) is 108 Å². The zero-order chi connectivity index (χ0) is 76.5. The highest BCUT2D eigenvalue weighted by molar-refractivity contribution is 7.47. The van der Waals surface area contributed by atoms with Crippen molar-refractivity contribution in [3.8, 4) is 0 Å². The molecule has 0 fully saturated rings. The summed E-state index contributed by atoms with van der Waals surface area (Å²) in [6.07, 6.45) is 65.1. The number of aliphatic hydroxyl groups is 1. The molecule has 0 radical (unpaired) electrons. The van der Waals surface area contributed by atoms with E-state index in [1.54, 1.807) is 0 Å². The molecular formula is C85H166O17P2. The fourth-order valence-electron chi connectivity index (χ4n) is 13.1. The van der Waals surface area contributed by atoms with Crippen LogP contribution in [0.1, 0.15) is 447 Å². The van der Waals surface area contributed by atoms with E-state index in [9.17, 15) is 43.2 Å². The van der Waals surface area contributed by atoms with Gasteiger partial charge in [-0.25, -0.2) is 9.13 Å². The third kappa shape index (κ3) is 74.2. The normalized spacial score (nSPS) is 14.7. The highest BCUT2D eigenvalue weighted by Gasteiger charge is 2.30. The number of phosphoric acid groups is 2. The molecule has 19 heteroatoms. The molecule has 0 aromatic carbocycles. The van der Waals surface area contributed by atoms with Crippen molar-refractivity contribution in [1.29, 1.82) is 0 Å². The molecule has 17 nitrogen and oxygen atoms in total. The Labute approximate surface area is 638 Å². The summed E-state index contributed by atoms with van der Waals surface area (Å²) in [5.41, 5.74) is 0. The van der Waals surface area contributed by atoms with Crippen molar-refractivity contribution in [3.63, 3.8) is 0 Å². The summed E-state index contributed by atoms with van der Waals surface area (Å²) in [6.45, 7) is 12.1. The lowest BCUT2D eigenvalue weighted by atomic mass is 9.99. The molecule has 0 bridgehead atoms. The molecule has 0 aliphatic rings. The molecule has 0 aliphatic carbocycles. The summed E-state index contributed by atoms with van der Waals surface area (Å²) in [5, 5.41) is 10.7. The molecular weight excluding hydrogens is 1350 g/mol. The molecule has 0 spiro atoms. The first-order valence-electron chi connectivity index (χ1n) is 44.0. The van der Waals surface area contributed by atoms with Crippen molar-refractivity contribution in [2.75, 3.05) is 39.6 Å². The van der Waals surface area contributed by atoms with Crippen LogP contribution in [0.3, 0.4) is 0 Å². The molecule has 0 aromatic heterocycles. The van der Waals surface area contributed by atoms with Gasteiger partial charge in [-0.1, -0.05) is 395 Å². The predicted octanol–water partition coefficient (Wildman–Crippen LogP) is 25.7. The number of ether oxygens (including phenoxy) is 4. The van der Waals surface area contributed by atoms with Crippen molar-refractivity contribution in [2.45, 2.75) is 465 Å². The average molecular weight is 1520 g/mol. The molecule has 0 saturated carbocycles. The highest BCUT2D eigenvalue weighted by atomic mass is 31.2. The van der Waals surface area contributed by atoms with Gasteiger partial charge in [-0.15, -0.1) is 0 Å². The minimum atomic E-state index is -4.97. The number of hydrogen-bond acceptors (Lipinski definition) is 15. The summed E-state index contributed by atoms with van der Waals surface area (Å²) in [6, 6.07) is 0. The zero-order valence-corrected chi connectivity index (χ0v) is 70.3. The topological polar surface area (TPSA) is 237 Å². The molecule has 5 unspecified atom stereocenters. The van der Waals surface area contributed by atoms with Gasteiger partial charge in [0, 0.05) is 25.7 Å². The van der Waals surface area contributed by atoms with Gasteiger partial charge in [0.1, 0.15) is 19.3 Å². The molecule has 0 saturated heterocycles. The largest absolute Gasteiger partial charge is 0.472 e. The van der Waals surface area contributed by atoms with Crippen LogP contribution in [0.15, 0.2) is 0 Å². The minimum absolute atomic E-state index is 0.106. The van der Waals surface area contributed by atoms with Gasteiger partial charge < -0.3 is 33.8 Å². The van der Waals surface area contributed by atoms with Crippen LogP contribution >= 0.6 is 15.6 Å². The van der Waals surface area contributed by atoms with Crippen LogP contribution in [0.2, 0.25) is 0 Å². The molecule has 8 atom stereocenters. The second kappa shape index (κ2) is 75.1. The van der Waals surface area contributed by atoms with Crippen molar-refractivity contribution in [3.05, 3.63) is 0 Å². The number of aliphatic hydroxyl groups excluding tert-OH is 1. The van der Waals surface area contributed by atoms with Gasteiger partial charge in [-0.05, 0) is 43.4 Å². The van der Waals surface area contributed by atoms with Crippen molar-refractivity contribution in [2.24, 2.45) is 17.8 Å². The van der Waals surface area contributed by atoms with Crippen LogP contribution in [0, 0.1) is 17.8 Å². The third-order valence-electron chi connectivity index (χ3n) is 21.0. The maximum Gasteiger partial charge on any atom is 0.472 e. The van der Waals surface area contributed by atoms with Gasteiger partial charge in [0.05, 0.1) is 26.4 Å².